The summed E-state index contributed by atoms with van der Waals surface area (Å²) in [5.74, 6) is 1.02. The molecule has 0 saturated carbocycles. The highest BCUT2D eigenvalue weighted by atomic mass is 19.1. The van der Waals surface area contributed by atoms with Crippen LogP contribution in [0.25, 0.3) is 11.4 Å². The molecule has 24 heavy (non-hydrogen) atoms. The van der Waals surface area contributed by atoms with Crippen LogP contribution in [0.3, 0.4) is 0 Å². The summed E-state index contributed by atoms with van der Waals surface area (Å²) in [7, 11) is 3.85. The van der Waals surface area contributed by atoms with Crippen LogP contribution in [0.2, 0.25) is 0 Å². The first kappa shape index (κ1) is 15.8. The minimum Gasteiger partial charge on any atom is -0.361 e. The lowest BCUT2D eigenvalue weighted by Crippen LogP contribution is -2.10. The summed E-state index contributed by atoms with van der Waals surface area (Å²) >= 11 is 0. The number of rotatable bonds is 5. The standard InChI is InChI=1S/C17H17FN6/c1-23(2)17-14(4-3-7-20-17)19-8-10-24-11-9-21-16(24)13-5-6-15(18)22-12-13/h3-9,11-12H,10H2,1-2H3. The van der Waals surface area contributed by atoms with E-state index in [4.69, 9.17) is 0 Å². The molecule has 0 aliphatic heterocycles. The van der Waals surface area contributed by atoms with Gasteiger partial charge in [-0.1, -0.05) is 0 Å². The Morgan fingerprint density at radius 1 is 1.17 bits per heavy atom. The van der Waals surface area contributed by atoms with Gasteiger partial charge in [-0.25, -0.2) is 15.0 Å². The summed E-state index contributed by atoms with van der Waals surface area (Å²) in [6.45, 7) is 0.536. The fourth-order valence-electron chi connectivity index (χ4n) is 2.29. The zero-order chi connectivity index (χ0) is 16.9. The first-order valence-electron chi connectivity index (χ1n) is 7.43. The monoisotopic (exact) mass is 324 g/mol. The first-order chi connectivity index (χ1) is 11.6. The quantitative estimate of drug-likeness (QED) is 0.535. The minimum absolute atomic E-state index is 0.508. The Kier molecular flexibility index (Phi) is 4.60. The molecule has 122 valence electrons. The predicted octanol–water partition coefficient (Wildman–Crippen LogP) is 2.95. The highest BCUT2D eigenvalue weighted by Gasteiger charge is 2.06. The fraction of sp³-hybridized carbons (Fsp3) is 0.176. The number of aliphatic imine (C=N–C) groups is 1. The van der Waals surface area contributed by atoms with Gasteiger partial charge in [0.1, 0.15) is 11.5 Å². The molecule has 0 unspecified atom stereocenters. The normalized spacial score (nSPS) is 11.1. The number of hydrogen-bond donors (Lipinski definition) is 0. The van der Waals surface area contributed by atoms with Gasteiger partial charge in [0.05, 0.1) is 6.54 Å². The summed E-state index contributed by atoms with van der Waals surface area (Å²) in [6.07, 6.45) is 8.55. The fourth-order valence-corrected chi connectivity index (χ4v) is 2.29. The van der Waals surface area contributed by atoms with Crippen LogP contribution in [-0.2, 0) is 6.54 Å². The number of anilines is 1. The predicted molar refractivity (Wildman–Crippen MR) is 92.1 cm³/mol. The SMILES string of the molecule is CN(C)c1ncccc1N=CCn1ccnc1-c1ccc(F)nc1. The Hall–Kier alpha value is -3.09. The van der Waals surface area contributed by atoms with Crippen LogP contribution in [0.1, 0.15) is 0 Å². The third-order valence-electron chi connectivity index (χ3n) is 3.40. The maximum atomic E-state index is 13.0. The van der Waals surface area contributed by atoms with E-state index in [0.29, 0.717) is 12.4 Å². The van der Waals surface area contributed by atoms with Gasteiger partial charge in [0.2, 0.25) is 5.95 Å². The van der Waals surface area contributed by atoms with Gasteiger partial charge in [-0.3, -0.25) is 4.99 Å². The van der Waals surface area contributed by atoms with Crippen molar-refractivity contribution in [2.45, 2.75) is 6.54 Å². The third kappa shape index (κ3) is 3.45. The van der Waals surface area contributed by atoms with Crippen molar-refractivity contribution >= 4 is 17.7 Å². The average Bonchev–Trinajstić information content (AvgIpc) is 3.04. The van der Waals surface area contributed by atoms with Gasteiger partial charge in [0, 0.05) is 50.7 Å². The Labute approximate surface area is 139 Å². The summed E-state index contributed by atoms with van der Waals surface area (Å²) in [6, 6.07) is 6.75. The van der Waals surface area contributed by atoms with Crippen LogP contribution in [0, 0.1) is 5.95 Å². The molecule has 0 saturated heterocycles. The summed E-state index contributed by atoms with van der Waals surface area (Å²) in [5.41, 5.74) is 1.55. The van der Waals surface area contributed by atoms with Crippen molar-refractivity contribution < 1.29 is 4.39 Å². The van der Waals surface area contributed by atoms with E-state index >= 15 is 0 Å². The molecule has 0 aliphatic rings. The molecule has 3 aromatic rings. The van der Waals surface area contributed by atoms with Crippen LogP contribution in [-0.4, -0.2) is 39.8 Å². The van der Waals surface area contributed by atoms with Gasteiger partial charge in [0.25, 0.3) is 0 Å². The molecule has 3 rings (SSSR count). The van der Waals surface area contributed by atoms with Gasteiger partial charge in [-0.2, -0.15) is 4.39 Å². The van der Waals surface area contributed by atoms with Crippen molar-refractivity contribution in [3.63, 3.8) is 0 Å². The van der Waals surface area contributed by atoms with Gasteiger partial charge >= 0.3 is 0 Å². The highest BCUT2D eigenvalue weighted by molar-refractivity contribution is 5.70. The van der Waals surface area contributed by atoms with E-state index in [1.54, 1.807) is 24.7 Å². The second-order valence-corrected chi connectivity index (χ2v) is 5.33. The topological polar surface area (TPSA) is 59.2 Å². The maximum absolute atomic E-state index is 13.0. The van der Waals surface area contributed by atoms with Crippen LogP contribution in [0.15, 0.2) is 54.0 Å². The van der Waals surface area contributed by atoms with Crippen molar-refractivity contribution in [3.05, 3.63) is 55.0 Å². The molecule has 0 bridgehead atoms. The lowest BCUT2D eigenvalue weighted by molar-refractivity contribution is 0.584. The molecule has 0 N–H and O–H groups in total. The van der Waals surface area contributed by atoms with E-state index in [2.05, 4.69) is 19.9 Å². The molecule has 3 heterocycles. The molecular weight excluding hydrogens is 307 g/mol. The minimum atomic E-state index is -0.508. The second kappa shape index (κ2) is 6.99. The van der Waals surface area contributed by atoms with Gasteiger partial charge in [-0.05, 0) is 24.3 Å². The highest BCUT2D eigenvalue weighted by Crippen LogP contribution is 2.23. The van der Waals surface area contributed by atoms with Gasteiger partial charge in [-0.15, -0.1) is 0 Å². The number of pyridine rings is 2. The zero-order valence-corrected chi connectivity index (χ0v) is 13.5. The Balaban J connectivity index is 1.79. The molecule has 0 amide bonds. The molecule has 0 aliphatic carbocycles. The smallest absolute Gasteiger partial charge is 0.212 e. The average molecular weight is 324 g/mol. The van der Waals surface area contributed by atoms with Crippen LogP contribution < -0.4 is 4.90 Å². The molecular formula is C17H17FN6. The molecule has 0 radical (unpaired) electrons. The van der Waals surface area contributed by atoms with Crippen molar-refractivity contribution in [1.29, 1.82) is 0 Å². The lowest BCUT2D eigenvalue weighted by Gasteiger charge is -2.12. The molecule has 0 atom stereocenters. The largest absolute Gasteiger partial charge is 0.361 e. The van der Waals surface area contributed by atoms with Crippen LogP contribution in [0.5, 0.6) is 0 Å². The van der Waals surface area contributed by atoms with Crippen molar-refractivity contribution in [2.75, 3.05) is 19.0 Å². The number of nitrogens with zero attached hydrogens (tertiary/aromatic N) is 6. The molecule has 7 heteroatoms. The van der Waals surface area contributed by atoms with Crippen LogP contribution in [0.4, 0.5) is 15.9 Å². The Morgan fingerprint density at radius 2 is 2.04 bits per heavy atom. The van der Waals surface area contributed by atoms with Crippen molar-refractivity contribution in [2.24, 2.45) is 4.99 Å². The van der Waals surface area contributed by atoms with E-state index in [9.17, 15) is 4.39 Å². The summed E-state index contributed by atoms with van der Waals surface area (Å²) < 4.78 is 14.9. The Morgan fingerprint density at radius 3 is 2.79 bits per heavy atom. The van der Waals surface area contributed by atoms with Crippen molar-refractivity contribution in [1.82, 2.24) is 19.5 Å². The number of imidazole rings is 1. The van der Waals surface area contributed by atoms with Gasteiger partial charge in [0.15, 0.2) is 5.82 Å². The third-order valence-corrected chi connectivity index (χ3v) is 3.40. The summed E-state index contributed by atoms with van der Waals surface area (Å²) in [5, 5.41) is 0. The number of halogens is 1. The molecule has 0 spiro atoms. The van der Waals surface area contributed by atoms with Gasteiger partial charge < -0.3 is 9.47 Å². The zero-order valence-electron chi connectivity index (χ0n) is 13.5. The first-order valence-corrected chi connectivity index (χ1v) is 7.43. The maximum Gasteiger partial charge on any atom is 0.212 e. The number of aromatic nitrogens is 4. The van der Waals surface area contributed by atoms with E-state index in [-0.39, 0.29) is 0 Å². The molecule has 0 aromatic carbocycles. The molecule has 3 aromatic heterocycles. The van der Waals surface area contributed by atoms with E-state index in [0.717, 1.165) is 17.1 Å². The van der Waals surface area contributed by atoms with Crippen LogP contribution >= 0.6 is 0 Å². The second-order valence-electron chi connectivity index (χ2n) is 5.33. The van der Waals surface area contributed by atoms with E-state index in [1.807, 2.05) is 41.9 Å². The van der Waals surface area contributed by atoms with Crippen molar-refractivity contribution in [3.8, 4) is 11.4 Å². The van der Waals surface area contributed by atoms with E-state index in [1.165, 1.54) is 12.3 Å². The molecule has 0 fully saturated rings. The Bertz CT molecular complexity index is 838. The number of hydrogen-bond acceptors (Lipinski definition) is 5. The lowest BCUT2D eigenvalue weighted by atomic mass is 10.2. The molecule has 6 nitrogen and oxygen atoms in total. The van der Waals surface area contributed by atoms with E-state index < -0.39 is 5.95 Å². The summed E-state index contributed by atoms with van der Waals surface area (Å²) in [4.78, 5) is 18.7.